The zero-order chi connectivity index (χ0) is 15.5. The van der Waals surface area contributed by atoms with Gasteiger partial charge in [-0.1, -0.05) is 38.4 Å². The Labute approximate surface area is 133 Å². The van der Waals surface area contributed by atoms with Crippen molar-refractivity contribution in [2.24, 2.45) is 0 Å². The Morgan fingerprint density at radius 2 is 2.14 bits per heavy atom. The molecule has 2 heterocycles. The van der Waals surface area contributed by atoms with Crippen molar-refractivity contribution in [1.29, 1.82) is 0 Å². The van der Waals surface area contributed by atoms with Gasteiger partial charge < -0.3 is 13.8 Å². The molecule has 0 atom stereocenters. The lowest BCUT2D eigenvalue weighted by atomic mass is 10.2. The van der Waals surface area contributed by atoms with Crippen LogP contribution in [0.3, 0.4) is 0 Å². The van der Waals surface area contributed by atoms with E-state index in [0.717, 1.165) is 10.0 Å². The van der Waals surface area contributed by atoms with Crippen LogP contribution < -0.4 is 0 Å². The summed E-state index contributed by atoms with van der Waals surface area (Å²) in [6.07, 6.45) is 0. The molecule has 8 heteroatoms. The van der Waals surface area contributed by atoms with Crippen LogP contribution in [0.4, 0.5) is 0 Å². The minimum atomic E-state index is -0.636. The summed E-state index contributed by atoms with van der Waals surface area (Å²) in [6.45, 7) is 1.57. The van der Waals surface area contributed by atoms with E-state index >= 15 is 0 Å². The first-order valence-corrected chi connectivity index (χ1v) is 7.10. The predicted molar refractivity (Wildman–Crippen MR) is 77.8 cm³/mol. The van der Waals surface area contributed by atoms with Gasteiger partial charge in [-0.25, -0.2) is 4.79 Å². The average Bonchev–Trinajstić information content (AvgIpc) is 3.14. The molecule has 0 fully saturated rings. The first-order chi connectivity index (χ1) is 10.6. The molecule has 0 N–H and O–H groups in total. The van der Waals surface area contributed by atoms with Crippen molar-refractivity contribution in [2.75, 3.05) is 0 Å². The third-order valence-corrected chi connectivity index (χ3v) is 3.20. The molecular formula is C14H10BrN3O4. The second-order valence-electron chi connectivity index (χ2n) is 4.43. The molecule has 0 radical (unpaired) electrons. The molecule has 0 aliphatic heterocycles. The van der Waals surface area contributed by atoms with Gasteiger partial charge in [0.2, 0.25) is 11.6 Å². The quantitative estimate of drug-likeness (QED) is 0.657. The van der Waals surface area contributed by atoms with Gasteiger partial charge in [0.15, 0.2) is 6.61 Å². The largest absolute Gasteiger partial charge is 0.450 e. The summed E-state index contributed by atoms with van der Waals surface area (Å²) in [5.41, 5.74) is 1.39. The number of carbonyl (C=O) groups is 1. The van der Waals surface area contributed by atoms with Crippen LogP contribution in [0.15, 0.2) is 43.9 Å². The highest BCUT2D eigenvalue weighted by molar-refractivity contribution is 9.10. The van der Waals surface area contributed by atoms with E-state index in [9.17, 15) is 4.79 Å². The minimum Gasteiger partial charge on any atom is -0.450 e. The molecular weight excluding hydrogens is 354 g/mol. The zero-order valence-electron chi connectivity index (χ0n) is 11.4. The molecule has 0 aliphatic carbocycles. The average molecular weight is 364 g/mol. The van der Waals surface area contributed by atoms with Crippen molar-refractivity contribution in [3.8, 4) is 11.4 Å². The Balaban J connectivity index is 1.66. The van der Waals surface area contributed by atoms with E-state index in [1.54, 1.807) is 6.92 Å². The van der Waals surface area contributed by atoms with Crippen molar-refractivity contribution in [3.05, 3.63) is 52.1 Å². The number of hydrogen-bond donors (Lipinski definition) is 0. The predicted octanol–water partition coefficient (Wildman–Crippen LogP) is 3.15. The van der Waals surface area contributed by atoms with E-state index in [1.807, 2.05) is 24.3 Å². The summed E-state index contributed by atoms with van der Waals surface area (Å²) >= 11 is 3.37. The maximum atomic E-state index is 11.7. The summed E-state index contributed by atoms with van der Waals surface area (Å²) in [6, 6.07) is 8.96. The third-order valence-electron chi connectivity index (χ3n) is 2.71. The molecule has 2 aromatic heterocycles. The second-order valence-corrected chi connectivity index (χ2v) is 5.35. The molecule has 0 unspecified atom stereocenters. The molecule has 22 heavy (non-hydrogen) atoms. The Bertz CT molecular complexity index is 812. The maximum Gasteiger partial charge on any atom is 0.377 e. The Morgan fingerprint density at radius 1 is 1.27 bits per heavy atom. The van der Waals surface area contributed by atoms with Gasteiger partial charge in [-0.15, -0.1) is 0 Å². The van der Waals surface area contributed by atoms with Gasteiger partial charge >= 0.3 is 5.97 Å². The standard InChI is InChI=1S/C14H10BrN3O4/c1-8-5-11(21-17-8)14(19)20-7-12-16-13(18-22-12)9-3-2-4-10(15)6-9/h2-6H,7H2,1H3. The van der Waals surface area contributed by atoms with Crippen LogP contribution in [0.5, 0.6) is 0 Å². The number of carbonyl (C=O) groups excluding carboxylic acids is 1. The molecule has 3 aromatic rings. The first-order valence-electron chi connectivity index (χ1n) is 6.31. The number of aromatic nitrogens is 3. The van der Waals surface area contributed by atoms with Crippen LogP contribution in [0.25, 0.3) is 11.4 Å². The van der Waals surface area contributed by atoms with Crippen LogP contribution in [-0.2, 0) is 11.3 Å². The van der Waals surface area contributed by atoms with Crippen molar-refractivity contribution in [3.63, 3.8) is 0 Å². The lowest BCUT2D eigenvalue weighted by Gasteiger charge is -1.97. The SMILES string of the molecule is Cc1cc(C(=O)OCc2nc(-c3cccc(Br)c3)no2)on1. The highest BCUT2D eigenvalue weighted by atomic mass is 79.9. The summed E-state index contributed by atoms with van der Waals surface area (Å²) in [5, 5.41) is 7.46. The van der Waals surface area contributed by atoms with Crippen LogP contribution in [0.1, 0.15) is 22.1 Å². The minimum absolute atomic E-state index is 0.0317. The van der Waals surface area contributed by atoms with Gasteiger partial charge in [-0.05, 0) is 19.1 Å². The van der Waals surface area contributed by atoms with Crippen molar-refractivity contribution < 1.29 is 18.6 Å². The van der Waals surface area contributed by atoms with Gasteiger partial charge in [0.1, 0.15) is 0 Å². The Kier molecular flexibility index (Phi) is 4.01. The molecule has 0 bridgehead atoms. The Hall–Kier alpha value is -2.48. The fourth-order valence-electron chi connectivity index (χ4n) is 1.72. The fraction of sp³-hybridized carbons (Fsp3) is 0.143. The number of benzene rings is 1. The summed E-state index contributed by atoms with van der Waals surface area (Å²) in [5.74, 6) is 0.00876. The van der Waals surface area contributed by atoms with E-state index in [1.165, 1.54) is 6.07 Å². The number of nitrogens with zero attached hydrogens (tertiary/aromatic N) is 3. The van der Waals surface area contributed by atoms with Gasteiger partial charge in [0.05, 0.1) is 5.69 Å². The lowest BCUT2D eigenvalue weighted by molar-refractivity contribution is 0.0383. The monoisotopic (exact) mass is 363 g/mol. The number of aryl methyl sites for hydroxylation is 1. The number of ether oxygens (including phenoxy) is 1. The number of esters is 1. The topological polar surface area (TPSA) is 91.2 Å². The summed E-state index contributed by atoms with van der Waals surface area (Å²) in [7, 11) is 0. The molecule has 0 saturated heterocycles. The van der Waals surface area contributed by atoms with Gasteiger partial charge in [0, 0.05) is 16.1 Å². The molecule has 0 amide bonds. The fourth-order valence-corrected chi connectivity index (χ4v) is 2.12. The van der Waals surface area contributed by atoms with Gasteiger partial charge in [0.25, 0.3) is 5.89 Å². The van der Waals surface area contributed by atoms with Crippen LogP contribution >= 0.6 is 15.9 Å². The van der Waals surface area contributed by atoms with E-state index in [4.69, 9.17) is 13.8 Å². The summed E-state index contributed by atoms with van der Waals surface area (Å²) < 4.78 is 15.8. The smallest absolute Gasteiger partial charge is 0.377 e. The van der Waals surface area contributed by atoms with Crippen molar-refractivity contribution in [2.45, 2.75) is 13.5 Å². The first kappa shape index (κ1) is 14.5. The van der Waals surface area contributed by atoms with E-state index in [0.29, 0.717) is 11.5 Å². The molecule has 0 spiro atoms. The van der Waals surface area contributed by atoms with Crippen molar-refractivity contribution >= 4 is 21.9 Å². The van der Waals surface area contributed by atoms with Crippen LogP contribution in [-0.4, -0.2) is 21.3 Å². The van der Waals surface area contributed by atoms with Crippen LogP contribution in [0.2, 0.25) is 0 Å². The highest BCUT2D eigenvalue weighted by Crippen LogP contribution is 2.20. The van der Waals surface area contributed by atoms with E-state index in [2.05, 4.69) is 31.2 Å². The number of rotatable bonds is 4. The van der Waals surface area contributed by atoms with E-state index < -0.39 is 5.97 Å². The van der Waals surface area contributed by atoms with Crippen molar-refractivity contribution in [1.82, 2.24) is 15.3 Å². The van der Waals surface area contributed by atoms with Crippen LogP contribution in [0, 0.1) is 6.92 Å². The Morgan fingerprint density at radius 3 is 2.86 bits per heavy atom. The molecule has 7 nitrogen and oxygen atoms in total. The van der Waals surface area contributed by atoms with Gasteiger partial charge in [-0.3, -0.25) is 0 Å². The van der Waals surface area contributed by atoms with Gasteiger partial charge in [-0.2, -0.15) is 4.98 Å². The molecule has 112 valence electrons. The summed E-state index contributed by atoms with van der Waals surface area (Å²) in [4.78, 5) is 15.9. The normalized spacial score (nSPS) is 10.6. The molecule has 1 aromatic carbocycles. The number of halogens is 1. The molecule has 3 rings (SSSR count). The molecule has 0 saturated carbocycles. The molecule has 0 aliphatic rings. The van der Waals surface area contributed by atoms with E-state index in [-0.39, 0.29) is 18.3 Å². The zero-order valence-corrected chi connectivity index (χ0v) is 13.0. The maximum absolute atomic E-state index is 11.7. The highest BCUT2D eigenvalue weighted by Gasteiger charge is 2.16. The third kappa shape index (κ3) is 3.22. The number of hydrogen-bond acceptors (Lipinski definition) is 7. The lowest BCUT2D eigenvalue weighted by Crippen LogP contribution is -2.04. The second kappa shape index (κ2) is 6.10.